The van der Waals surface area contributed by atoms with Crippen LogP contribution in [0.3, 0.4) is 0 Å². The highest BCUT2D eigenvalue weighted by Gasteiger charge is 2.17. The van der Waals surface area contributed by atoms with Gasteiger partial charge in [0.1, 0.15) is 18.5 Å². The number of carbonyl (C=O) groups is 1. The van der Waals surface area contributed by atoms with E-state index in [4.69, 9.17) is 9.47 Å². The number of halogens is 1. The van der Waals surface area contributed by atoms with Crippen LogP contribution in [-0.2, 0) is 11.2 Å². The number of aliphatic hydroxyl groups is 1. The van der Waals surface area contributed by atoms with Gasteiger partial charge in [-0.05, 0) is 24.1 Å². The Bertz CT molecular complexity index is 719. The van der Waals surface area contributed by atoms with Gasteiger partial charge in [0, 0.05) is 26.1 Å². The van der Waals surface area contributed by atoms with Crippen molar-refractivity contribution in [1.82, 2.24) is 4.90 Å². The van der Waals surface area contributed by atoms with E-state index in [9.17, 15) is 9.90 Å². The molecule has 1 unspecified atom stereocenters. The van der Waals surface area contributed by atoms with Crippen LogP contribution in [0.25, 0.3) is 0 Å². The highest BCUT2D eigenvalue weighted by atomic mass is 35.5. The number of ketones is 1. The number of morpholine rings is 1. The highest BCUT2D eigenvalue weighted by Crippen LogP contribution is 2.21. The first-order valence-electron chi connectivity index (χ1n) is 9.49. The van der Waals surface area contributed by atoms with Crippen LogP contribution in [-0.4, -0.2) is 61.3 Å². The summed E-state index contributed by atoms with van der Waals surface area (Å²) < 4.78 is 11.1. The molecule has 1 atom stereocenters. The number of β-amino-alcohol motifs (C(OH)–C–C–N with tert-alkyl or cyclic N) is 1. The van der Waals surface area contributed by atoms with E-state index in [0.29, 0.717) is 43.9 Å². The third-order valence-corrected chi connectivity index (χ3v) is 4.67. The third-order valence-electron chi connectivity index (χ3n) is 4.67. The van der Waals surface area contributed by atoms with Crippen LogP contribution in [0.1, 0.15) is 22.3 Å². The average molecular weight is 406 g/mol. The predicted octanol–water partition coefficient (Wildman–Crippen LogP) is 3.00. The molecule has 0 radical (unpaired) electrons. The number of benzene rings is 2. The summed E-state index contributed by atoms with van der Waals surface area (Å²) in [4.78, 5) is 14.8. The van der Waals surface area contributed by atoms with E-state index in [1.54, 1.807) is 12.1 Å². The molecule has 0 spiro atoms. The standard InChI is InChI=1S/C22H27NO4.ClH/c24-19(16-23-12-14-26-15-13-23)17-27-22-9-5-4-8-20(22)21(25)11-10-18-6-2-1-3-7-18;/h1-9,19,24H,10-17H2;1H. The maximum atomic E-state index is 12.6. The number of nitrogens with zero attached hydrogens (tertiary/aromatic N) is 1. The molecule has 6 heteroatoms. The zero-order valence-corrected chi connectivity index (χ0v) is 16.8. The fraction of sp³-hybridized carbons (Fsp3) is 0.409. The molecule has 0 saturated carbocycles. The molecule has 1 N–H and O–H groups in total. The van der Waals surface area contributed by atoms with Crippen LogP contribution < -0.4 is 4.74 Å². The van der Waals surface area contributed by atoms with Gasteiger partial charge in [-0.25, -0.2) is 0 Å². The molecular weight excluding hydrogens is 378 g/mol. The Morgan fingerprint density at radius 3 is 2.50 bits per heavy atom. The lowest BCUT2D eigenvalue weighted by atomic mass is 10.0. The van der Waals surface area contributed by atoms with Crippen molar-refractivity contribution in [2.75, 3.05) is 39.5 Å². The first-order valence-corrected chi connectivity index (χ1v) is 9.49. The Labute approximate surface area is 172 Å². The first kappa shape index (κ1) is 22.4. The Hall–Kier alpha value is -1.92. The average Bonchev–Trinajstić information content (AvgIpc) is 2.72. The Balaban J connectivity index is 0.00000280. The smallest absolute Gasteiger partial charge is 0.166 e. The summed E-state index contributed by atoms with van der Waals surface area (Å²) in [6, 6.07) is 17.2. The number of hydrogen-bond donors (Lipinski definition) is 1. The fourth-order valence-corrected chi connectivity index (χ4v) is 3.18. The second-order valence-electron chi connectivity index (χ2n) is 6.78. The first-order chi connectivity index (χ1) is 13.2. The Morgan fingerprint density at radius 1 is 1.07 bits per heavy atom. The lowest BCUT2D eigenvalue weighted by molar-refractivity contribution is 0.00457. The van der Waals surface area contributed by atoms with Gasteiger partial charge in [0.15, 0.2) is 5.78 Å². The van der Waals surface area contributed by atoms with Gasteiger partial charge in [-0.2, -0.15) is 0 Å². The van der Waals surface area contributed by atoms with Crippen molar-refractivity contribution in [3.05, 3.63) is 65.7 Å². The zero-order chi connectivity index (χ0) is 18.9. The molecule has 5 nitrogen and oxygen atoms in total. The van der Waals surface area contributed by atoms with Gasteiger partial charge in [0.2, 0.25) is 0 Å². The van der Waals surface area contributed by atoms with Gasteiger partial charge in [-0.3, -0.25) is 9.69 Å². The Kier molecular flexibility index (Phi) is 9.44. The van der Waals surface area contributed by atoms with Crippen LogP contribution in [0.5, 0.6) is 5.75 Å². The lowest BCUT2D eigenvalue weighted by Gasteiger charge is -2.28. The molecule has 1 saturated heterocycles. The molecule has 2 aromatic carbocycles. The molecule has 28 heavy (non-hydrogen) atoms. The van der Waals surface area contributed by atoms with E-state index < -0.39 is 6.10 Å². The molecule has 0 amide bonds. The molecule has 0 aliphatic carbocycles. The number of para-hydroxylation sites is 1. The SMILES string of the molecule is Cl.O=C(CCc1ccccc1)c1ccccc1OCC(O)CN1CCOCC1. The molecule has 152 valence electrons. The van der Waals surface area contributed by atoms with Crippen molar-refractivity contribution in [2.24, 2.45) is 0 Å². The van der Waals surface area contributed by atoms with E-state index in [-0.39, 0.29) is 24.8 Å². The summed E-state index contributed by atoms with van der Waals surface area (Å²) in [5.41, 5.74) is 1.72. The van der Waals surface area contributed by atoms with Crippen LogP contribution in [0.4, 0.5) is 0 Å². The van der Waals surface area contributed by atoms with E-state index in [2.05, 4.69) is 4.90 Å². The summed E-state index contributed by atoms with van der Waals surface area (Å²) >= 11 is 0. The van der Waals surface area contributed by atoms with Crippen LogP contribution in [0.15, 0.2) is 54.6 Å². The van der Waals surface area contributed by atoms with Gasteiger partial charge in [0.25, 0.3) is 0 Å². The quantitative estimate of drug-likeness (QED) is 0.650. The van der Waals surface area contributed by atoms with Crippen molar-refractivity contribution < 1.29 is 19.4 Å². The van der Waals surface area contributed by atoms with Crippen molar-refractivity contribution >= 4 is 18.2 Å². The number of hydrogen-bond acceptors (Lipinski definition) is 5. The van der Waals surface area contributed by atoms with Crippen molar-refractivity contribution in [1.29, 1.82) is 0 Å². The fourth-order valence-electron chi connectivity index (χ4n) is 3.18. The summed E-state index contributed by atoms with van der Waals surface area (Å²) in [6.07, 6.45) is 0.532. The van der Waals surface area contributed by atoms with E-state index >= 15 is 0 Å². The third kappa shape index (κ3) is 6.91. The molecule has 1 heterocycles. The number of aryl methyl sites for hydroxylation is 1. The molecule has 0 bridgehead atoms. The molecule has 2 aromatic rings. The maximum Gasteiger partial charge on any atom is 0.166 e. The maximum absolute atomic E-state index is 12.6. The number of Topliss-reactive ketones (excluding diaryl/α,β-unsaturated/α-hetero) is 1. The van der Waals surface area contributed by atoms with Gasteiger partial charge >= 0.3 is 0 Å². The summed E-state index contributed by atoms with van der Waals surface area (Å²) in [7, 11) is 0. The van der Waals surface area contributed by atoms with Crippen LogP contribution >= 0.6 is 12.4 Å². The predicted molar refractivity (Wildman–Crippen MR) is 112 cm³/mol. The minimum absolute atomic E-state index is 0. The highest BCUT2D eigenvalue weighted by molar-refractivity contribution is 5.98. The monoisotopic (exact) mass is 405 g/mol. The molecule has 1 aliphatic rings. The summed E-state index contributed by atoms with van der Waals surface area (Å²) in [5, 5.41) is 10.3. The largest absolute Gasteiger partial charge is 0.490 e. The van der Waals surface area contributed by atoms with Gasteiger partial charge in [-0.15, -0.1) is 12.4 Å². The number of rotatable bonds is 9. The Morgan fingerprint density at radius 2 is 1.75 bits per heavy atom. The lowest BCUT2D eigenvalue weighted by Crippen LogP contribution is -2.42. The second kappa shape index (κ2) is 11.8. The van der Waals surface area contributed by atoms with E-state index in [0.717, 1.165) is 18.7 Å². The second-order valence-corrected chi connectivity index (χ2v) is 6.78. The molecule has 1 fully saturated rings. The van der Waals surface area contributed by atoms with Gasteiger partial charge in [-0.1, -0.05) is 42.5 Å². The van der Waals surface area contributed by atoms with Gasteiger partial charge in [0.05, 0.1) is 18.8 Å². The van der Waals surface area contributed by atoms with Crippen molar-refractivity contribution in [2.45, 2.75) is 18.9 Å². The van der Waals surface area contributed by atoms with Crippen molar-refractivity contribution in [3.8, 4) is 5.75 Å². The van der Waals surface area contributed by atoms with Gasteiger partial charge < -0.3 is 14.6 Å². The number of carbonyl (C=O) groups excluding carboxylic acids is 1. The minimum Gasteiger partial charge on any atom is -0.490 e. The molecular formula is C22H28ClNO4. The topological polar surface area (TPSA) is 59.0 Å². The van der Waals surface area contributed by atoms with E-state index in [1.807, 2.05) is 42.5 Å². The minimum atomic E-state index is -0.601. The zero-order valence-electron chi connectivity index (χ0n) is 16.0. The van der Waals surface area contributed by atoms with E-state index in [1.165, 1.54) is 0 Å². The molecule has 1 aliphatic heterocycles. The van der Waals surface area contributed by atoms with Crippen LogP contribution in [0, 0.1) is 0 Å². The number of aliphatic hydroxyl groups excluding tert-OH is 1. The normalized spacial score (nSPS) is 15.5. The van der Waals surface area contributed by atoms with Crippen LogP contribution in [0.2, 0.25) is 0 Å². The molecule has 3 rings (SSSR count). The summed E-state index contributed by atoms with van der Waals surface area (Å²) in [6.45, 7) is 3.77. The number of ether oxygens (including phenoxy) is 2. The molecule has 0 aromatic heterocycles. The summed E-state index contributed by atoms with van der Waals surface area (Å²) in [5.74, 6) is 0.591. The van der Waals surface area contributed by atoms with Crippen molar-refractivity contribution in [3.63, 3.8) is 0 Å².